The average molecular weight is 295 g/mol. The van der Waals surface area contributed by atoms with Crippen LogP contribution in [0.3, 0.4) is 0 Å². The number of nitrogens with one attached hydrogen (secondary N) is 1. The molecule has 0 aliphatic heterocycles. The van der Waals surface area contributed by atoms with Crippen LogP contribution in [-0.2, 0) is 6.54 Å². The minimum absolute atomic E-state index is 0.543. The van der Waals surface area contributed by atoms with E-state index in [2.05, 4.69) is 25.8 Å². The standard InChI is InChI=1S/C15H17N7/c1-2-7-15(22-17-8-9-18-22)14(6-1)16-10-12-11-21(20-19-12)13-4-3-5-13/h1-2,6-9,11,13,16H,3-5,10H2. The largest absolute Gasteiger partial charge is 0.377 e. The highest BCUT2D eigenvalue weighted by molar-refractivity contribution is 5.60. The van der Waals surface area contributed by atoms with Crippen LogP contribution in [0.15, 0.2) is 42.9 Å². The van der Waals surface area contributed by atoms with Crippen LogP contribution in [0.5, 0.6) is 0 Å². The Bertz CT molecular complexity index is 743. The molecular formula is C15H17N7. The molecule has 0 bridgehead atoms. The summed E-state index contributed by atoms with van der Waals surface area (Å²) in [4.78, 5) is 1.60. The molecule has 0 amide bonds. The molecule has 112 valence electrons. The molecule has 4 rings (SSSR count). The van der Waals surface area contributed by atoms with Gasteiger partial charge in [0.15, 0.2) is 0 Å². The van der Waals surface area contributed by atoms with Gasteiger partial charge in [-0.05, 0) is 31.4 Å². The number of hydrogen-bond donors (Lipinski definition) is 1. The van der Waals surface area contributed by atoms with Crippen molar-refractivity contribution in [2.75, 3.05) is 5.32 Å². The van der Waals surface area contributed by atoms with Gasteiger partial charge in [-0.15, -0.1) is 9.90 Å². The van der Waals surface area contributed by atoms with Gasteiger partial charge in [0.2, 0.25) is 0 Å². The van der Waals surface area contributed by atoms with Gasteiger partial charge < -0.3 is 5.32 Å². The van der Waals surface area contributed by atoms with Crippen LogP contribution in [-0.4, -0.2) is 30.0 Å². The molecule has 7 nitrogen and oxygen atoms in total. The van der Waals surface area contributed by atoms with Crippen molar-refractivity contribution in [1.29, 1.82) is 0 Å². The molecule has 2 heterocycles. The Labute approximate surface area is 128 Å². The maximum absolute atomic E-state index is 4.24. The molecule has 0 radical (unpaired) electrons. The molecule has 0 spiro atoms. The maximum Gasteiger partial charge on any atom is 0.109 e. The summed E-state index contributed by atoms with van der Waals surface area (Å²) >= 11 is 0. The van der Waals surface area contributed by atoms with Crippen molar-refractivity contribution >= 4 is 5.69 Å². The second-order valence-corrected chi connectivity index (χ2v) is 5.46. The number of rotatable bonds is 5. The van der Waals surface area contributed by atoms with Gasteiger partial charge in [-0.25, -0.2) is 4.68 Å². The molecule has 1 aliphatic carbocycles. The number of benzene rings is 1. The van der Waals surface area contributed by atoms with Gasteiger partial charge >= 0.3 is 0 Å². The Morgan fingerprint density at radius 3 is 2.73 bits per heavy atom. The van der Waals surface area contributed by atoms with E-state index in [0.29, 0.717) is 12.6 Å². The van der Waals surface area contributed by atoms with Crippen molar-refractivity contribution in [1.82, 2.24) is 30.0 Å². The average Bonchev–Trinajstić information content (AvgIpc) is 3.15. The van der Waals surface area contributed by atoms with Gasteiger partial charge in [0, 0.05) is 0 Å². The lowest BCUT2D eigenvalue weighted by Gasteiger charge is -2.24. The van der Waals surface area contributed by atoms with Crippen molar-refractivity contribution in [2.45, 2.75) is 31.8 Å². The Balaban J connectivity index is 1.48. The van der Waals surface area contributed by atoms with E-state index in [-0.39, 0.29) is 0 Å². The highest BCUT2D eigenvalue weighted by atomic mass is 15.5. The topological polar surface area (TPSA) is 73.5 Å². The molecule has 1 aromatic carbocycles. The first kappa shape index (κ1) is 13.0. The van der Waals surface area contributed by atoms with E-state index in [1.807, 2.05) is 35.1 Å². The second kappa shape index (κ2) is 5.59. The van der Waals surface area contributed by atoms with Gasteiger partial charge in [0.25, 0.3) is 0 Å². The highest BCUT2D eigenvalue weighted by Crippen LogP contribution is 2.30. The van der Waals surface area contributed by atoms with Crippen molar-refractivity contribution in [3.63, 3.8) is 0 Å². The van der Waals surface area contributed by atoms with Gasteiger partial charge in [0.05, 0.1) is 36.9 Å². The highest BCUT2D eigenvalue weighted by Gasteiger charge is 2.20. The summed E-state index contributed by atoms with van der Waals surface area (Å²) in [5, 5.41) is 20.2. The van der Waals surface area contributed by atoms with Gasteiger partial charge in [0.1, 0.15) is 11.4 Å². The third-order valence-corrected chi connectivity index (χ3v) is 4.00. The van der Waals surface area contributed by atoms with Crippen molar-refractivity contribution < 1.29 is 0 Å². The summed E-state index contributed by atoms with van der Waals surface area (Å²) in [7, 11) is 0. The molecule has 3 aromatic rings. The summed E-state index contributed by atoms with van der Waals surface area (Å²) in [5.74, 6) is 0. The Morgan fingerprint density at radius 1 is 1.14 bits per heavy atom. The first-order valence-corrected chi connectivity index (χ1v) is 7.50. The first-order valence-electron chi connectivity index (χ1n) is 7.50. The van der Waals surface area contributed by atoms with Crippen LogP contribution in [0.1, 0.15) is 31.0 Å². The summed E-state index contributed by atoms with van der Waals surface area (Å²) < 4.78 is 1.99. The molecule has 1 N–H and O–H groups in total. The number of nitrogens with zero attached hydrogens (tertiary/aromatic N) is 6. The quantitative estimate of drug-likeness (QED) is 0.781. The number of hydrogen-bond acceptors (Lipinski definition) is 5. The lowest BCUT2D eigenvalue weighted by molar-refractivity contribution is 0.284. The summed E-state index contributed by atoms with van der Waals surface area (Å²) in [5.41, 5.74) is 2.82. The van der Waals surface area contributed by atoms with Crippen molar-refractivity contribution in [3.05, 3.63) is 48.5 Å². The van der Waals surface area contributed by atoms with E-state index >= 15 is 0 Å². The minimum atomic E-state index is 0.543. The summed E-state index contributed by atoms with van der Waals surface area (Å²) in [6.07, 6.45) is 9.09. The zero-order valence-corrected chi connectivity index (χ0v) is 12.1. The van der Waals surface area contributed by atoms with Crippen LogP contribution >= 0.6 is 0 Å². The molecule has 22 heavy (non-hydrogen) atoms. The zero-order chi connectivity index (χ0) is 14.8. The monoisotopic (exact) mass is 295 g/mol. The van der Waals surface area contributed by atoms with Crippen LogP contribution in [0.25, 0.3) is 5.69 Å². The fourth-order valence-electron chi connectivity index (χ4n) is 2.55. The van der Waals surface area contributed by atoms with E-state index in [4.69, 9.17) is 0 Å². The SMILES string of the molecule is c1ccc(-n2nccn2)c(NCc2cn(C3CCC3)nn2)c1. The van der Waals surface area contributed by atoms with Crippen LogP contribution in [0, 0.1) is 0 Å². The van der Waals surface area contributed by atoms with E-state index in [1.165, 1.54) is 19.3 Å². The van der Waals surface area contributed by atoms with Gasteiger partial charge in [-0.1, -0.05) is 17.3 Å². The Kier molecular flexibility index (Phi) is 3.30. The van der Waals surface area contributed by atoms with Gasteiger partial charge in [-0.3, -0.25) is 0 Å². The third-order valence-electron chi connectivity index (χ3n) is 4.00. The van der Waals surface area contributed by atoms with Crippen molar-refractivity contribution in [2.24, 2.45) is 0 Å². The molecule has 1 saturated carbocycles. The second-order valence-electron chi connectivity index (χ2n) is 5.46. The molecule has 0 atom stereocenters. The minimum Gasteiger partial charge on any atom is -0.377 e. The van der Waals surface area contributed by atoms with Crippen LogP contribution in [0.4, 0.5) is 5.69 Å². The number of aromatic nitrogens is 6. The molecule has 0 unspecified atom stereocenters. The summed E-state index contributed by atoms with van der Waals surface area (Å²) in [6, 6.07) is 8.49. The Hall–Kier alpha value is -2.70. The lowest BCUT2D eigenvalue weighted by atomic mass is 9.93. The molecule has 2 aromatic heterocycles. The molecule has 1 aliphatic rings. The normalized spacial score (nSPS) is 14.7. The van der Waals surface area contributed by atoms with Crippen molar-refractivity contribution in [3.8, 4) is 5.69 Å². The van der Waals surface area contributed by atoms with Gasteiger partial charge in [-0.2, -0.15) is 10.2 Å². The lowest BCUT2D eigenvalue weighted by Crippen LogP contribution is -2.17. The fourth-order valence-corrected chi connectivity index (χ4v) is 2.55. The molecular weight excluding hydrogens is 278 g/mol. The van der Waals surface area contributed by atoms with Crippen LogP contribution < -0.4 is 5.32 Å². The smallest absolute Gasteiger partial charge is 0.109 e. The molecule has 7 heteroatoms. The van der Waals surface area contributed by atoms with E-state index in [0.717, 1.165) is 17.1 Å². The predicted molar refractivity (Wildman–Crippen MR) is 81.6 cm³/mol. The first-order chi connectivity index (χ1) is 10.9. The number of anilines is 1. The summed E-state index contributed by atoms with van der Waals surface area (Å²) in [6.45, 7) is 0.630. The predicted octanol–water partition coefficient (Wildman–Crippen LogP) is 2.20. The van der Waals surface area contributed by atoms with E-state index < -0.39 is 0 Å². The number of para-hydroxylation sites is 2. The fraction of sp³-hybridized carbons (Fsp3) is 0.333. The molecule has 1 fully saturated rings. The Morgan fingerprint density at radius 2 is 1.95 bits per heavy atom. The van der Waals surface area contributed by atoms with E-state index in [1.54, 1.807) is 17.2 Å². The van der Waals surface area contributed by atoms with Crippen LogP contribution in [0.2, 0.25) is 0 Å². The van der Waals surface area contributed by atoms with E-state index in [9.17, 15) is 0 Å². The maximum atomic E-state index is 4.24. The third kappa shape index (κ3) is 2.45. The molecule has 0 saturated heterocycles. The zero-order valence-electron chi connectivity index (χ0n) is 12.1.